The van der Waals surface area contributed by atoms with Gasteiger partial charge in [0.15, 0.2) is 0 Å². The van der Waals surface area contributed by atoms with E-state index in [1.807, 2.05) is 0 Å². The van der Waals surface area contributed by atoms with Crippen LogP contribution in [0.3, 0.4) is 0 Å². The first kappa shape index (κ1) is 16.8. The number of carbonyl (C=O) groups is 1. The SMILES string of the molecule is CN(C)CCC1CCN(CC(=O)N2CCCCCC2)CC1. The molecule has 2 aliphatic heterocycles. The van der Waals surface area contributed by atoms with Gasteiger partial charge in [-0.25, -0.2) is 0 Å². The Labute approximate surface area is 130 Å². The summed E-state index contributed by atoms with van der Waals surface area (Å²) in [5, 5.41) is 0. The standard InChI is InChI=1S/C17H33N3O/c1-18(2)12-7-16-8-13-19(14-9-16)15-17(21)20-10-5-3-4-6-11-20/h16H,3-15H2,1-2H3. The van der Waals surface area contributed by atoms with Crippen LogP contribution < -0.4 is 0 Å². The van der Waals surface area contributed by atoms with Crippen LogP contribution in [0.4, 0.5) is 0 Å². The van der Waals surface area contributed by atoms with Gasteiger partial charge in [0.05, 0.1) is 6.54 Å². The number of piperidine rings is 1. The highest BCUT2D eigenvalue weighted by atomic mass is 16.2. The third-order valence-electron chi connectivity index (χ3n) is 5.01. The van der Waals surface area contributed by atoms with E-state index in [1.165, 1.54) is 51.5 Å². The molecule has 0 saturated carbocycles. The molecule has 122 valence electrons. The highest BCUT2D eigenvalue weighted by Crippen LogP contribution is 2.20. The van der Waals surface area contributed by atoms with E-state index in [0.29, 0.717) is 12.5 Å². The molecule has 2 saturated heterocycles. The molecular formula is C17H33N3O. The molecule has 0 aromatic heterocycles. The fourth-order valence-corrected chi connectivity index (χ4v) is 3.49. The molecular weight excluding hydrogens is 262 g/mol. The van der Waals surface area contributed by atoms with Crippen LogP contribution in [0.25, 0.3) is 0 Å². The number of amides is 1. The molecule has 0 aromatic carbocycles. The maximum atomic E-state index is 12.4. The molecule has 0 spiro atoms. The van der Waals surface area contributed by atoms with Gasteiger partial charge in [0.25, 0.3) is 0 Å². The predicted molar refractivity (Wildman–Crippen MR) is 87.4 cm³/mol. The predicted octanol–water partition coefficient (Wildman–Crippen LogP) is 2.05. The average Bonchev–Trinajstić information content (AvgIpc) is 2.75. The Balaban J connectivity index is 1.66. The van der Waals surface area contributed by atoms with Crippen molar-refractivity contribution in [3.8, 4) is 0 Å². The van der Waals surface area contributed by atoms with E-state index in [9.17, 15) is 4.79 Å². The van der Waals surface area contributed by atoms with Gasteiger partial charge >= 0.3 is 0 Å². The minimum Gasteiger partial charge on any atom is -0.342 e. The topological polar surface area (TPSA) is 26.8 Å². The fraction of sp³-hybridized carbons (Fsp3) is 0.941. The maximum absolute atomic E-state index is 12.4. The molecule has 1 amide bonds. The van der Waals surface area contributed by atoms with Crippen LogP contribution in [0.2, 0.25) is 0 Å². The van der Waals surface area contributed by atoms with E-state index in [2.05, 4.69) is 28.8 Å². The molecule has 2 fully saturated rings. The Kier molecular flexibility index (Phi) is 6.97. The van der Waals surface area contributed by atoms with Crippen molar-refractivity contribution in [2.45, 2.75) is 44.9 Å². The van der Waals surface area contributed by atoms with Gasteiger partial charge in [-0.3, -0.25) is 9.69 Å². The highest BCUT2D eigenvalue weighted by molar-refractivity contribution is 5.78. The maximum Gasteiger partial charge on any atom is 0.236 e. The molecule has 2 heterocycles. The summed E-state index contributed by atoms with van der Waals surface area (Å²) >= 11 is 0. The fourth-order valence-electron chi connectivity index (χ4n) is 3.49. The molecule has 21 heavy (non-hydrogen) atoms. The van der Waals surface area contributed by atoms with Crippen molar-refractivity contribution in [1.82, 2.24) is 14.7 Å². The van der Waals surface area contributed by atoms with Crippen LogP contribution in [0, 0.1) is 5.92 Å². The number of hydrogen-bond donors (Lipinski definition) is 0. The largest absolute Gasteiger partial charge is 0.342 e. The van der Waals surface area contributed by atoms with E-state index >= 15 is 0 Å². The summed E-state index contributed by atoms with van der Waals surface area (Å²) in [7, 11) is 4.30. The van der Waals surface area contributed by atoms with E-state index < -0.39 is 0 Å². The van der Waals surface area contributed by atoms with Crippen LogP contribution in [0.15, 0.2) is 0 Å². The quantitative estimate of drug-likeness (QED) is 0.777. The van der Waals surface area contributed by atoms with Gasteiger partial charge in [0.2, 0.25) is 5.91 Å². The second-order valence-electron chi connectivity index (χ2n) is 7.11. The van der Waals surface area contributed by atoms with Gasteiger partial charge in [-0.15, -0.1) is 0 Å². The van der Waals surface area contributed by atoms with Crippen LogP contribution in [0.5, 0.6) is 0 Å². The van der Waals surface area contributed by atoms with Crippen LogP contribution >= 0.6 is 0 Å². The summed E-state index contributed by atoms with van der Waals surface area (Å²) in [6.45, 7) is 6.03. The van der Waals surface area contributed by atoms with Gasteiger partial charge in [-0.05, 0) is 71.8 Å². The smallest absolute Gasteiger partial charge is 0.236 e. The van der Waals surface area contributed by atoms with Gasteiger partial charge in [-0.1, -0.05) is 12.8 Å². The summed E-state index contributed by atoms with van der Waals surface area (Å²) in [5.41, 5.74) is 0. The summed E-state index contributed by atoms with van der Waals surface area (Å²) in [5.74, 6) is 1.22. The minimum atomic E-state index is 0.364. The molecule has 2 aliphatic rings. The number of likely N-dealkylation sites (tertiary alicyclic amines) is 2. The Bertz CT molecular complexity index is 303. The normalized spacial score (nSPS) is 22.5. The zero-order valence-electron chi connectivity index (χ0n) is 14.0. The molecule has 0 bridgehead atoms. The summed E-state index contributed by atoms with van der Waals surface area (Å²) in [4.78, 5) is 19.1. The first-order valence-electron chi connectivity index (χ1n) is 8.80. The number of nitrogens with zero attached hydrogens (tertiary/aromatic N) is 3. The van der Waals surface area contributed by atoms with E-state index in [0.717, 1.165) is 32.1 Å². The van der Waals surface area contributed by atoms with Crippen LogP contribution in [-0.4, -0.2) is 74.0 Å². The van der Waals surface area contributed by atoms with Crippen molar-refractivity contribution < 1.29 is 4.79 Å². The Morgan fingerprint density at radius 1 is 1.00 bits per heavy atom. The van der Waals surface area contributed by atoms with Gasteiger partial charge in [0.1, 0.15) is 0 Å². The molecule has 0 aromatic rings. The molecule has 0 N–H and O–H groups in total. The second-order valence-corrected chi connectivity index (χ2v) is 7.11. The lowest BCUT2D eigenvalue weighted by Crippen LogP contribution is -2.44. The van der Waals surface area contributed by atoms with Gasteiger partial charge in [0, 0.05) is 13.1 Å². The van der Waals surface area contributed by atoms with Crippen molar-refractivity contribution in [1.29, 1.82) is 0 Å². The lowest BCUT2D eigenvalue weighted by atomic mass is 9.93. The summed E-state index contributed by atoms with van der Waals surface area (Å²) in [6, 6.07) is 0. The monoisotopic (exact) mass is 295 g/mol. The van der Waals surface area contributed by atoms with Crippen LogP contribution in [0.1, 0.15) is 44.9 Å². The lowest BCUT2D eigenvalue weighted by Gasteiger charge is -2.33. The lowest BCUT2D eigenvalue weighted by molar-refractivity contribution is -0.132. The third kappa shape index (κ3) is 5.95. The van der Waals surface area contributed by atoms with Crippen molar-refractivity contribution >= 4 is 5.91 Å². The summed E-state index contributed by atoms with van der Waals surface area (Å²) in [6.07, 6.45) is 8.81. The zero-order chi connectivity index (χ0) is 15.1. The van der Waals surface area contributed by atoms with Crippen molar-refractivity contribution in [3.63, 3.8) is 0 Å². The average molecular weight is 295 g/mol. The first-order valence-corrected chi connectivity index (χ1v) is 8.80. The molecule has 0 unspecified atom stereocenters. The van der Waals surface area contributed by atoms with Crippen molar-refractivity contribution in [2.75, 3.05) is 53.4 Å². The molecule has 0 aliphatic carbocycles. The number of rotatable bonds is 5. The molecule has 0 radical (unpaired) electrons. The van der Waals surface area contributed by atoms with E-state index in [1.54, 1.807) is 0 Å². The van der Waals surface area contributed by atoms with Crippen molar-refractivity contribution in [3.05, 3.63) is 0 Å². The number of hydrogen-bond acceptors (Lipinski definition) is 3. The summed E-state index contributed by atoms with van der Waals surface area (Å²) < 4.78 is 0. The Hall–Kier alpha value is -0.610. The van der Waals surface area contributed by atoms with Gasteiger partial charge < -0.3 is 9.80 Å². The Morgan fingerprint density at radius 3 is 2.19 bits per heavy atom. The second kappa shape index (κ2) is 8.74. The molecule has 4 heteroatoms. The van der Waals surface area contributed by atoms with Crippen molar-refractivity contribution in [2.24, 2.45) is 5.92 Å². The molecule has 2 rings (SSSR count). The van der Waals surface area contributed by atoms with E-state index in [-0.39, 0.29) is 0 Å². The highest BCUT2D eigenvalue weighted by Gasteiger charge is 2.23. The Morgan fingerprint density at radius 2 is 1.62 bits per heavy atom. The third-order valence-corrected chi connectivity index (χ3v) is 5.01. The van der Waals surface area contributed by atoms with E-state index in [4.69, 9.17) is 0 Å². The zero-order valence-corrected chi connectivity index (χ0v) is 14.0. The van der Waals surface area contributed by atoms with Gasteiger partial charge in [-0.2, -0.15) is 0 Å². The number of carbonyl (C=O) groups excluding carboxylic acids is 1. The molecule has 4 nitrogen and oxygen atoms in total. The minimum absolute atomic E-state index is 0.364. The molecule has 0 atom stereocenters. The van der Waals surface area contributed by atoms with Crippen LogP contribution in [-0.2, 0) is 4.79 Å². The first-order chi connectivity index (χ1) is 10.1.